The van der Waals surface area contributed by atoms with Crippen LogP contribution in [0, 0.1) is 5.82 Å². The van der Waals surface area contributed by atoms with Gasteiger partial charge in [0.15, 0.2) is 0 Å². The van der Waals surface area contributed by atoms with Gasteiger partial charge in [0.1, 0.15) is 11.6 Å². The minimum Gasteiger partial charge on any atom is -0.496 e. The van der Waals surface area contributed by atoms with E-state index >= 15 is 0 Å². The van der Waals surface area contributed by atoms with Crippen LogP contribution in [-0.2, 0) is 11.2 Å². The van der Waals surface area contributed by atoms with E-state index in [4.69, 9.17) is 16.3 Å². The SMILES string of the molecule is COc1ccc(Cl)cc1C(=O)NCCNC(=O)Cc1ccc(F)cc1. The van der Waals surface area contributed by atoms with Crippen LogP contribution in [0.1, 0.15) is 15.9 Å². The monoisotopic (exact) mass is 364 g/mol. The summed E-state index contributed by atoms with van der Waals surface area (Å²) in [6, 6.07) is 10.5. The minimum atomic E-state index is -0.344. The molecule has 2 aromatic rings. The van der Waals surface area contributed by atoms with Crippen molar-refractivity contribution in [1.82, 2.24) is 10.6 Å². The first-order chi connectivity index (χ1) is 12.0. The molecule has 5 nitrogen and oxygen atoms in total. The Labute approximate surface area is 150 Å². The average Bonchev–Trinajstić information content (AvgIpc) is 2.60. The topological polar surface area (TPSA) is 67.4 Å². The van der Waals surface area contributed by atoms with Gasteiger partial charge in [-0.15, -0.1) is 0 Å². The molecule has 2 amide bonds. The first kappa shape index (κ1) is 18.7. The third kappa shape index (κ3) is 5.76. The third-order valence-electron chi connectivity index (χ3n) is 3.42. The van der Waals surface area contributed by atoms with Crippen LogP contribution in [0.25, 0.3) is 0 Å². The van der Waals surface area contributed by atoms with Gasteiger partial charge in [-0.2, -0.15) is 0 Å². The molecule has 0 unspecified atom stereocenters. The molecule has 0 atom stereocenters. The Morgan fingerprint density at radius 1 is 1.08 bits per heavy atom. The summed E-state index contributed by atoms with van der Waals surface area (Å²) in [5.41, 5.74) is 1.04. The summed E-state index contributed by atoms with van der Waals surface area (Å²) in [6.07, 6.45) is 0.149. The van der Waals surface area contributed by atoms with E-state index in [9.17, 15) is 14.0 Å². The number of carbonyl (C=O) groups excluding carboxylic acids is 2. The maximum absolute atomic E-state index is 12.8. The first-order valence-electron chi connectivity index (χ1n) is 7.62. The van der Waals surface area contributed by atoms with Gasteiger partial charge >= 0.3 is 0 Å². The van der Waals surface area contributed by atoms with Crippen molar-refractivity contribution in [2.24, 2.45) is 0 Å². The van der Waals surface area contributed by atoms with Crippen LogP contribution >= 0.6 is 11.6 Å². The van der Waals surface area contributed by atoms with Gasteiger partial charge in [0.25, 0.3) is 5.91 Å². The predicted octanol–water partition coefficient (Wildman–Crippen LogP) is 2.58. The number of hydrogen-bond donors (Lipinski definition) is 2. The quantitative estimate of drug-likeness (QED) is 0.742. The molecule has 0 aromatic heterocycles. The Hall–Kier alpha value is -2.60. The smallest absolute Gasteiger partial charge is 0.255 e. The number of halogens is 2. The van der Waals surface area contributed by atoms with Gasteiger partial charge in [-0.05, 0) is 35.9 Å². The van der Waals surface area contributed by atoms with Crippen molar-refractivity contribution < 1.29 is 18.7 Å². The van der Waals surface area contributed by atoms with Crippen LogP contribution in [0.5, 0.6) is 5.75 Å². The molecule has 0 heterocycles. The number of rotatable bonds is 7. The fourth-order valence-corrected chi connectivity index (χ4v) is 2.35. The van der Waals surface area contributed by atoms with E-state index in [0.717, 1.165) is 0 Å². The van der Waals surface area contributed by atoms with Gasteiger partial charge in [0.05, 0.1) is 19.1 Å². The third-order valence-corrected chi connectivity index (χ3v) is 3.65. The first-order valence-corrected chi connectivity index (χ1v) is 8.00. The summed E-state index contributed by atoms with van der Waals surface area (Å²) in [5.74, 6) is -0.473. The fourth-order valence-electron chi connectivity index (χ4n) is 2.18. The van der Waals surface area contributed by atoms with Gasteiger partial charge in [-0.1, -0.05) is 23.7 Å². The van der Waals surface area contributed by atoms with Gasteiger partial charge < -0.3 is 15.4 Å². The van der Waals surface area contributed by atoms with E-state index < -0.39 is 0 Å². The van der Waals surface area contributed by atoms with Crippen LogP contribution in [0.4, 0.5) is 4.39 Å². The summed E-state index contributed by atoms with van der Waals surface area (Å²) in [5, 5.41) is 5.80. The van der Waals surface area contributed by atoms with E-state index in [1.807, 2.05) is 0 Å². The maximum atomic E-state index is 12.8. The van der Waals surface area contributed by atoms with Crippen LogP contribution in [0.2, 0.25) is 5.02 Å². The highest BCUT2D eigenvalue weighted by Gasteiger charge is 2.12. The molecule has 0 saturated heterocycles. The second kappa shape index (κ2) is 9.03. The molecule has 7 heteroatoms. The summed E-state index contributed by atoms with van der Waals surface area (Å²) < 4.78 is 17.9. The van der Waals surface area contributed by atoms with Crippen molar-refractivity contribution in [1.29, 1.82) is 0 Å². The molecular weight excluding hydrogens is 347 g/mol. The number of hydrogen-bond acceptors (Lipinski definition) is 3. The van der Waals surface area contributed by atoms with Crippen LogP contribution in [0.15, 0.2) is 42.5 Å². The lowest BCUT2D eigenvalue weighted by Gasteiger charge is -2.10. The summed E-state index contributed by atoms with van der Waals surface area (Å²) in [4.78, 5) is 23.9. The molecule has 0 radical (unpaired) electrons. The number of benzene rings is 2. The zero-order valence-corrected chi connectivity index (χ0v) is 14.4. The molecule has 132 valence electrons. The average molecular weight is 365 g/mol. The Balaban J connectivity index is 1.77. The van der Waals surface area contributed by atoms with E-state index in [2.05, 4.69) is 10.6 Å². The van der Waals surface area contributed by atoms with Gasteiger partial charge in [0.2, 0.25) is 5.91 Å². The van der Waals surface area contributed by atoms with Crippen LogP contribution in [0.3, 0.4) is 0 Å². The summed E-state index contributed by atoms with van der Waals surface area (Å²) >= 11 is 5.89. The molecule has 0 fully saturated rings. The molecule has 0 aliphatic heterocycles. The highest BCUT2D eigenvalue weighted by atomic mass is 35.5. The lowest BCUT2D eigenvalue weighted by Crippen LogP contribution is -2.35. The normalized spacial score (nSPS) is 10.2. The maximum Gasteiger partial charge on any atom is 0.255 e. The number of methoxy groups -OCH3 is 1. The molecule has 0 bridgehead atoms. The zero-order chi connectivity index (χ0) is 18.2. The molecule has 0 aliphatic carbocycles. The van der Waals surface area contributed by atoms with E-state index in [1.54, 1.807) is 24.3 Å². The second-order valence-corrected chi connectivity index (χ2v) is 5.69. The fraction of sp³-hybridized carbons (Fsp3) is 0.222. The van der Waals surface area contributed by atoms with Gasteiger partial charge in [-0.3, -0.25) is 9.59 Å². The molecular formula is C18H18ClFN2O3. The van der Waals surface area contributed by atoms with Crippen molar-refractivity contribution >= 4 is 23.4 Å². The number of carbonyl (C=O) groups is 2. The van der Waals surface area contributed by atoms with Crippen molar-refractivity contribution in [3.63, 3.8) is 0 Å². The van der Waals surface area contributed by atoms with E-state index in [0.29, 0.717) is 21.9 Å². The number of amides is 2. The molecule has 2 rings (SSSR count). The summed E-state index contributed by atoms with van der Waals surface area (Å²) in [7, 11) is 1.47. The van der Waals surface area contributed by atoms with Crippen molar-refractivity contribution in [3.05, 3.63) is 64.4 Å². The molecule has 0 aliphatic rings. The van der Waals surface area contributed by atoms with Gasteiger partial charge in [-0.25, -0.2) is 4.39 Å². The van der Waals surface area contributed by atoms with E-state index in [1.165, 1.54) is 25.3 Å². The lowest BCUT2D eigenvalue weighted by atomic mass is 10.1. The highest BCUT2D eigenvalue weighted by Crippen LogP contribution is 2.22. The number of nitrogens with one attached hydrogen (secondary N) is 2. The lowest BCUT2D eigenvalue weighted by molar-refractivity contribution is -0.120. The Morgan fingerprint density at radius 2 is 1.76 bits per heavy atom. The number of ether oxygens (including phenoxy) is 1. The summed E-state index contributed by atoms with van der Waals surface area (Å²) in [6.45, 7) is 0.526. The van der Waals surface area contributed by atoms with Crippen LogP contribution < -0.4 is 15.4 Å². The van der Waals surface area contributed by atoms with Crippen molar-refractivity contribution in [3.8, 4) is 5.75 Å². The second-order valence-electron chi connectivity index (χ2n) is 5.25. The molecule has 0 spiro atoms. The molecule has 25 heavy (non-hydrogen) atoms. The van der Waals surface area contributed by atoms with Crippen LogP contribution in [-0.4, -0.2) is 32.0 Å². The Kier molecular flexibility index (Phi) is 6.77. The predicted molar refractivity (Wildman–Crippen MR) is 93.5 cm³/mol. The molecule has 2 aromatic carbocycles. The minimum absolute atomic E-state index is 0.149. The molecule has 2 N–H and O–H groups in total. The van der Waals surface area contributed by atoms with Gasteiger partial charge in [0, 0.05) is 18.1 Å². The Bertz CT molecular complexity index is 750. The largest absolute Gasteiger partial charge is 0.496 e. The Morgan fingerprint density at radius 3 is 2.44 bits per heavy atom. The van der Waals surface area contributed by atoms with E-state index in [-0.39, 0.29) is 37.1 Å². The van der Waals surface area contributed by atoms with Crippen molar-refractivity contribution in [2.75, 3.05) is 20.2 Å². The zero-order valence-electron chi connectivity index (χ0n) is 13.6. The van der Waals surface area contributed by atoms with Crippen molar-refractivity contribution in [2.45, 2.75) is 6.42 Å². The highest BCUT2D eigenvalue weighted by molar-refractivity contribution is 6.31. The standard InChI is InChI=1S/C18H18ClFN2O3/c1-25-16-7-4-13(19)11-15(16)18(24)22-9-8-21-17(23)10-12-2-5-14(20)6-3-12/h2-7,11H,8-10H2,1H3,(H,21,23)(H,22,24). The molecule has 0 saturated carbocycles.